The third kappa shape index (κ3) is 3.74. The van der Waals surface area contributed by atoms with E-state index >= 15 is 0 Å². The van der Waals surface area contributed by atoms with Crippen molar-refractivity contribution < 1.29 is 4.74 Å². The second kappa shape index (κ2) is 7.61. The molecule has 1 aliphatic heterocycles. The molecule has 0 radical (unpaired) electrons. The van der Waals surface area contributed by atoms with Gasteiger partial charge in [-0.15, -0.1) is 11.3 Å². The van der Waals surface area contributed by atoms with Crippen molar-refractivity contribution in [2.75, 3.05) is 32.6 Å². The molecule has 6 nitrogen and oxygen atoms in total. The molecule has 3 heterocycles. The first-order valence-electron chi connectivity index (χ1n) is 8.79. The highest BCUT2D eigenvalue weighted by molar-refractivity contribution is 9.10. The van der Waals surface area contributed by atoms with Gasteiger partial charge in [0.25, 0.3) is 5.56 Å². The molecule has 0 unspecified atom stereocenters. The number of thiazole rings is 1. The SMILES string of the molecule is COc1cccc([C@H]2C[C@@H](Nc3nc4sccn4c(=O)c3Br)CN(C)C2)c1. The van der Waals surface area contributed by atoms with E-state index in [1.54, 1.807) is 17.7 Å². The maximum atomic E-state index is 12.5. The van der Waals surface area contributed by atoms with Crippen molar-refractivity contribution in [3.63, 3.8) is 0 Å². The number of piperidine rings is 1. The fourth-order valence-corrected chi connectivity index (χ4v) is 4.81. The van der Waals surface area contributed by atoms with Crippen LogP contribution in [0, 0.1) is 0 Å². The molecule has 0 spiro atoms. The van der Waals surface area contributed by atoms with E-state index in [1.807, 2.05) is 17.5 Å². The monoisotopic (exact) mass is 448 g/mol. The average molecular weight is 449 g/mol. The Labute approximate surface area is 169 Å². The van der Waals surface area contributed by atoms with Gasteiger partial charge in [0.2, 0.25) is 0 Å². The number of rotatable bonds is 4. The van der Waals surface area contributed by atoms with E-state index in [9.17, 15) is 4.79 Å². The van der Waals surface area contributed by atoms with Crippen LogP contribution >= 0.6 is 27.3 Å². The Morgan fingerprint density at radius 1 is 1.37 bits per heavy atom. The minimum absolute atomic E-state index is 0.0859. The molecule has 1 fully saturated rings. The van der Waals surface area contributed by atoms with E-state index in [4.69, 9.17) is 4.74 Å². The van der Waals surface area contributed by atoms with E-state index in [2.05, 4.69) is 50.3 Å². The lowest BCUT2D eigenvalue weighted by molar-refractivity contribution is 0.235. The van der Waals surface area contributed by atoms with Crippen molar-refractivity contribution in [2.24, 2.45) is 0 Å². The second-order valence-corrected chi connectivity index (χ2v) is 8.57. The number of methoxy groups -OCH3 is 1. The smallest absolute Gasteiger partial charge is 0.275 e. The maximum absolute atomic E-state index is 12.5. The molecule has 0 amide bonds. The topological polar surface area (TPSA) is 58.9 Å². The normalized spacial score (nSPS) is 20.7. The van der Waals surface area contributed by atoms with Crippen molar-refractivity contribution in [3.8, 4) is 5.75 Å². The summed E-state index contributed by atoms with van der Waals surface area (Å²) >= 11 is 4.88. The number of ether oxygens (including phenoxy) is 1. The van der Waals surface area contributed by atoms with Crippen molar-refractivity contribution in [2.45, 2.75) is 18.4 Å². The number of fused-ring (bicyclic) bond motifs is 1. The zero-order valence-electron chi connectivity index (χ0n) is 15.2. The van der Waals surface area contributed by atoms with E-state index in [0.717, 1.165) is 25.3 Å². The Morgan fingerprint density at radius 3 is 3.04 bits per heavy atom. The molecular weight excluding hydrogens is 428 g/mol. The Kier molecular flexibility index (Phi) is 5.21. The predicted molar refractivity (Wildman–Crippen MR) is 112 cm³/mol. The van der Waals surface area contributed by atoms with Crippen molar-refractivity contribution in [1.82, 2.24) is 14.3 Å². The van der Waals surface area contributed by atoms with Gasteiger partial charge in [-0.1, -0.05) is 12.1 Å². The van der Waals surface area contributed by atoms with E-state index in [1.165, 1.54) is 16.9 Å². The van der Waals surface area contributed by atoms with Gasteiger partial charge in [-0.2, -0.15) is 0 Å². The molecule has 8 heteroatoms. The fraction of sp³-hybridized carbons (Fsp3) is 0.368. The third-order valence-electron chi connectivity index (χ3n) is 4.95. The number of halogens is 1. The highest BCUT2D eigenvalue weighted by atomic mass is 79.9. The van der Waals surface area contributed by atoms with Crippen LogP contribution < -0.4 is 15.6 Å². The number of nitrogens with zero attached hydrogens (tertiary/aromatic N) is 3. The number of anilines is 1. The summed E-state index contributed by atoms with van der Waals surface area (Å²) < 4.78 is 7.41. The molecule has 1 N–H and O–H groups in total. The summed E-state index contributed by atoms with van der Waals surface area (Å²) in [4.78, 5) is 20.1. The van der Waals surface area contributed by atoms with Gasteiger partial charge in [-0.05, 0) is 53.0 Å². The summed E-state index contributed by atoms with van der Waals surface area (Å²) in [5.74, 6) is 1.89. The van der Waals surface area contributed by atoms with Gasteiger partial charge >= 0.3 is 0 Å². The zero-order valence-corrected chi connectivity index (χ0v) is 17.6. The molecule has 1 aliphatic rings. The van der Waals surface area contributed by atoms with Gasteiger partial charge in [-0.25, -0.2) is 4.98 Å². The number of likely N-dealkylation sites (tertiary alicyclic amines) is 1. The van der Waals surface area contributed by atoms with Crippen LogP contribution in [0.3, 0.4) is 0 Å². The molecule has 27 heavy (non-hydrogen) atoms. The summed E-state index contributed by atoms with van der Waals surface area (Å²) in [6.07, 6.45) is 2.71. The molecule has 1 aromatic carbocycles. The lowest BCUT2D eigenvalue weighted by Gasteiger charge is -2.36. The van der Waals surface area contributed by atoms with Crippen molar-refractivity contribution >= 4 is 38.0 Å². The first-order valence-corrected chi connectivity index (χ1v) is 10.5. The number of benzene rings is 1. The quantitative estimate of drug-likeness (QED) is 0.662. The molecular formula is C19H21BrN4O2S. The molecule has 0 bridgehead atoms. The van der Waals surface area contributed by atoms with Gasteiger partial charge in [-0.3, -0.25) is 9.20 Å². The minimum Gasteiger partial charge on any atom is -0.497 e. The maximum Gasteiger partial charge on any atom is 0.275 e. The lowest BCUT2D eigenvalue weighted by Crippen LogP contribution is -2.43. The molecule has 0 aliphatic carbocycles. The number of likely N-dealkylation sites (N-methyl/N-ethyl adjacent to an activating group) is 1. The van der Waals surface area contributed by atoms with Gasteiger partial charge in [0.1, 0.15) is 16.0 Å². The van der Waals surface area contributed by atoms with Crippen LogP contribution in [0.1, 0.15) is 17.9 Å². The van der Waals surface area contributed by atoms with Gasteiger partial charge in [0.15, 0.2) is 4.96 Å². The highest BCUT2D eigenvalue weighted by Crippen LogP contribution is 2.30. The van der Waals surface area contributed by atoms with E-state index < -0.39 is 0 Å². The van der Waals surface area contributed by atoms with Crippen LogP contribution in [0.4, 0.5) is 5.82 Å². The first kappa shape index (κ1) is 18.5. The third-order valence-corrected chi connectivity index (χ3v) is 6.42. The summed E-state index contributed by atoms with van der Waals surface area (Å²) in [5, 5.41) is 5.36. The summed E-state index contributed by atoms with van der Waals surface area (Å²) in [5.41, 5.74) is 1.19. The molecule has 2 aromatic heterocycles. The summed E-state index contributed by atoms with van der Waals surface area (Å²) in [6.45, 7) is 1.89. The van der Waals surface area contributed by atoms with Crippen LogP contribution in [-0.2, 0) is 0 Å². The van der Waals surface area contributed by atoms with E-state index in [0.29, 0.717) is 21.2 Å². The molecule has 1 saturated heterocycles. The Bertz CT molecular complexity index is 1020. The minimum atomic E-state index is -0.0859. The van der Waals surface area contributed by atoms with Crippen LogP contribution in [-0.4, -0.2) is 47.6 Å². The summed E-state index contributed by atoms with van der Waals surface area (Å²) in [7, 11) is 3.82. The van der Waals surface area contributed by atoms with Gasteiger partial charge in [0, 0.05) is 30.7 Å². The molecule has 2 atom stereocenters. The Balaban J connectivity index is 1.59. The van der Waals surface area contributed by atoms with E-state index in [-0.39, 0.29) is 11.6 Å². The molecule has 0 saturated carbocycles. The number of hydrogen-bond donors (Lipinski definition) is 1. The molecule has 4 rings (SSSR count). The molecule has 3 aromatic rings. The van der Waals surface area contributed by atoms with Gasteiger partial charge in [0.05, 0.1) is 7.11 Å². The van der Waals surface area contributed by atoms with Crippen molar-refractivity contribution in [1.29, 1.82) is 0 Å². The zero-order chi connectivity index (χ0) is 19.0. The largest absolute Gasteiger partial charge is 0.497 e. The van der Waals surface area contributed by atoms with Gasteiger partial charge < -0.3 is 15.0 Å². The number of hydrogen-bond acceptors (Lipinski definition) is 6. The highest BCUT2D eigenvalue weighted by Gasteiger charge is 2.27. The number of nitrogens with one attached hydrogen (secondary N) is 1. The Hall–Kier alpha value is -1.90. The number of aromatic nitrogens is 2. The first-order chi connectivity index (χ1) is 13.0. The van der Waals surface area contributed by atoms with Crippen molar-refractivity contribution in [3.05, 3.63) is 56.2 Å². The standard InChI is InChI=1S/C19H21BrN4O2S/c1-23-10-13(12-4-3-5-15(9-12)26-2)8-14(11-23)21-17-16(20)18(25)24-6-7-27-19(24)22-17/h3-7,9,13-14,21H,8,10-11H2,1-2H3/t13-,14+/m0/s1. The molecule has 142 valence electrons. The van der Waals surface area contributed by atoms with Crippen LogP contribution in [0.5, 0.6) is 5.75 Å². The Morgan fingerprint density at radius 2 is 2.22 bits per heavy atom. The fourth-order valence-electron chi connectivity index (χ4n) is 3.71. The lowest BCUT2D eigenvalue weighted by atomic mass is 9.88. The predicted octanol–water partition coefficient (Wildman–Crippen LogP) is 3.43. The summed E-state index contributed by atoms with van der Waals surface area (Å²) in [6, 6.07) is 8.47. The second-order valence-electron chi connectivity index (χ2n) is 6.91. The van der Waals surface area contributed by atoms with Crippen LogP contribution in [0.15, 0.2) is 45.1 Å². The van der Waals surface area contributed by atoms with Crippen LogP contribution in [0.25, 0.3) is 4.96 Å². The average Bonchev–Trinajstić information content (AvgIpc) is 3.14. The van der Waals surface area contributed by atoms with Crippen LogP contribution in [0.2, 0.25) is 0 Å².